The number of ether oxygens (including phenoxy) is 2. The molecule has 118 valence electrons. The largest absolute Gasteiger partial charge is 0.463 e. The maximum absolute atomic E-state index is 11.3. The number of carbonyl (C=O) groups is 2. The molecule has 3 atom stereocenters. The zero-order chi connectivity index (χ0) is 15.7. The highest BCUT2D eigenvalue weighted by atomic mass is 16.5. The normalized spacial score (nSPS) is 26.5. The standard InChI is InChI=1S/C18H22O4/c1-11(19)21-14-7-9-15-13(10-14)6-8-17-16(15)4-3-5-18(17)22-12(2)20/h3-5,13-15H,6-10H2,1-2H3/t13-,14-,15-/m0/s1. The third-order valence-electron chi connectivity index (χ3n) is 4.85. The first kappa shape index (κ1) is 15.1. The van der Waals surface area contributed by atoms with Crippen molar-refractivity contribution in [2.75, 3.05) is 0 Å². The molecule has 1 fully saturated rings. The molecule has 1 aromatic rings. The third kappa shape index (κ3) is 3.01. The second kappa shape index (κ2) is 6.11. The van der Waals surface area contributed by atoms with Crippen LogP contribution in [-0.4, -0.2) is 18.0 Å². The van der Waals surface area contributed by atoms with Gasteiger partial charge in [-0.2, -0.15) is 0 Å². The fourth-order valence-corrected chi connectivity index (χ4v) is 4.07. The van der Waals surface area contributed by atoms with Crippen LogP contribution in [0.25, 0.3) is 0 Å². The number of rotatable bonds is 2. The average molecular weight is 302 g/mol. The summed E-state index contributed by atoms with van der Waals surface area (Å²) in [7, 11) is 0. The quantitative estimate of drug-likeness (QED) is 0.621. The summed E-state index contributed by atoms with van der Waals surface area (Å²) in [6.07, 6.45) is 4.94. The van der Waals surface area contributed by atoms with Crippen LogP contribution in [0.5, 0.6) is 5.75 Å². The SMILES string of the molecule is CC(=O)Oc1cccc2c1CC[C@H]1C[C@@H](OC(C)=O)CC[C@H]21. The summed E-state index contributed by atoms with van der Waals surface area (Å²) >= 11 is 0. The lowest BCUT2D eigenvalue weighted by Crippen LogP contribution is -2.32. The molecule has 0 bridgehead atoms. The van der Waals surface area contributed by atoms with E-state index in [0.29, 0.717) is 17.6 Å². The fourth-order valence-electron chi connectivity index (χ4n) is 4.07. The summed E-state index contributed by atoms with van der Waals surface area (Å²) < 4.78 is 10.8. The molecule has 22 heavy (non-hydrogen) atoms. The van der Waals surface area contributed by atoms with Crippen LogP contribution < -0.4 is 4.74 Å². The molecule has 1 aromatic carbocycles. The molecule has 0 spiro atoms. The molecule has 0 unspecified atom stereocenters. The second-order valence-corrected chi connectivity index (χ2v) is 6.37. The van der Waals surface area contributed by atoms with E-state index in [0.717, 1.165) is 32.1 Å². The van der Waals surface area contributed by atoms with Crippen molar-refractivity contribution in [3.63, 3.8) is 0 Å². The average Bonchev–Trinajstić information content (AvgIpc) is 2.45. The Bertz CT molecular complexity index is 593. The van der Waals surface area contributed by atoms with Gasteiger partial charge in [-0.15, -0.1) is 0 Å². The zero-order valence-electron chi connectivity index (χ0n) is 13.1. The summed E-state index contributed by atoms with van der Waals surface area (Å²) in [5.41, 5.74) is 2.50. The first-order valence-corrected chi connectivity index (χ1v) is 8.02. The predicted octanol–water partition coefficient (Wildman–Crippen LogP) is 3.37. The van der Waals surface area contributed by atoms with E-state index in [1.165, 1.54) is 25.0 Å². The van der Waals surface area contributed by atoms with E-state index >= 15 is 0 Å². The van der Waals surface area contributed by atoms with Crippen molar-refractivity contribution in [3.8, 4) is 5.75 Å². The Balaban J connectivity index is 1.81. The van der Waals surface area contributed by atoms with Gasteiger partial charge in [-0.05, 0) is 61.1 Å². The minimum atomic E-state index is -0.269. The summed E-state index contributed by atoms with van der Waals surface area (Å²) in [4.78, 5) is 22.4. The highest BCUT2D eigenvalue weighted by Gasteiger charge is 2.37. The molecule has 2 aliphatic carbocycles. The Labute approximate surface area is 130 Å². The number of benzene rings is 1. The minimum absolute atomic E-state index is 0.0666. The lowest BCUT2D eigenvalue weighted by molar-refractivity contribution is -0.148. The number of esters is 2. The van der Waals surface area contributed by atoms with Crippen molar-refractivity contribution in [2.24, 2.45) is 5.92 Å². The molecule has 0 saturated heterocycles. The molecule has 0 aromatic heterocycles. The molecule has 0 N–H and O–H groups in total. The van der Waals surface area contributed by atoms with E-state index < -0.39 is 0 Å². The van der Waals surface area contributed by atoms with Gasteiger partial charge in [0.05, 0.1) is 0 Å². The Morgan fingerprint density at radius 1 is 1.09 bits per heavy atom. The van der Waals surface area contributed by atoms with Gasteiger partial charge in [-0.1, -0.05) is 12.1 Å². The minimum Gasteiger partial charge on any atom is -0.463 e. The van der Waals surface area contributed by atoms with Crippen LogP contribution in [0.3, 0.4) is 0 Å². The van der Waals surface area contributed by atoms with E-state index in [-0.39, 0.29) is 18.0 Å². The number of hydrogen-bond acceptors (Lipinski definition) is 4. The van der Waals surface area contributed by atoms with Gasteiger partial charge >= 0.3 is 11.9 Å². The number of fused-ring (bicyclic) bond motifs is 3. The van der Waals surface area contributed by atoms with Gasteiger partial charge in [0.1, 0.15) is 11.9 Å². The van der Waals surface area contributed by atoms with Gasteiger partial charge in [0, 0.05) is 13.8 Å². The summed E-state index contributed by atoms with van der Waals surface area (Å²) in [5.74, 6) is 1.31. The fraction of sp³-hybridized carbons (Fsp3) is 0.556. The smallest absolute Gasteiger partial charge is 0.308 e. The summed E-state index contributed by atoms with van der Waals surface area (Å²) in [6.45, 7) is 2.92. The monoisotopic (exact) mass is 302 g/mol. The van der Waals surface area contributed by atoms with Crippen LogP contribution in [0.1, 0.15) is 56.6 Å². The van der Waals surface area contributed by atoms with Crippen LogP contribution in [-0.2, 0) is 20.7 Å². The van der Waals surface area contributed by atoms with Gasteiger partial charge in [0.15, 0.2) is 0 Å². The van der Waals surface area contributed by atoms with Crippen molar-refractivity contribution in [3.05, 3.63) is 29.3 Å². The molecule has 0 aliphatic heterocycles. The second-order valence-electron chi connectivity index (χ2n) is 6.37. The molecule has 2 aliphatic rings. The van der Waals surface area contributed by atoms with Crippen molar-refractivity contribution >= 4 is 11.9 Å². The molecule has 0 amide bonds. The Kier molecular flexibility index (Phi) is 4.19. The zero-order valence-corrected chi connectivity index (χ0v) is 13.1. The lowest BCUT2D eigenvalue weighted by atomic mass is 9.67. The van der Waals surface area contributed by atoms with E-state index in [4.69, 9.17) is 9.47 Å². The highest BCUT2D eigenvalue weighted by molar-refractivity contribution is 5.70. The maximum Gasteiger partial charge on any atom is 0.308 e. The molecule has 0 heterocycles. The number of hydrogen-bond donors (Lipinski definition) is 0. The predicted molar refractivity (Wildman–Crippen MR) is 81.7 cm³/mol. The van der Waals surface area contributed by atoms with Crippen LogP contribution >= 0.6 is 0 Å². The molecule has 4 heteroatoms. The van der Waals surface area contributed by atoms with E-state index in [1.54, 1.807) is 0 Å². The maximum atomic E-state index is 11.3. The summed E-state index contributed by atoms with van der Waals surface area (Å²) in [6, 6.07) is 6.01. The first-order chi connectivity index (χ1) is 10.5. The molecule has 4 nitrogen and oxygen atoms in total. The van der Waals surface area contributed by atoms with Gasteiger partial charge in [0.2, 0.25) is 0 Å². The Hall–Kier alpha value is -1.84. The lowest BCUT2D eigenvalue weighted by Gasteiger charge is -2.40. The van der Waals surface area contributed by atoms with Crippen molar-refractivity contribution in [1.82, 2.24) is 0 Å². The van der Waals surface area contributed by atoms with Gasteiger partial charge in [-0.25, -0.2) is 0 Å². The van der Waals surface area contributed by atoms with Crippen molar-refractivity contribution in [1.29, 1.82) is 0 Å². The van der Waals surface area contributed by atoms with E-state index in [2.05, 4.69) is 6.07 Å². The summed E-state index contributed by atoms with van der Waals surface area (Å²) in [5, 5.41) is 0. The van der Waals surface area contributed by atoms with Crippen molar-refractivity contribution < 1.29 is 19.1 Å². The Morgan fingerprint density at radius 3 is 2.64 bits per heavy atom. The topological polar surface area (TPSA) is 52.6 Å². The van der Waals surface area contributed by atoms with Crippen LogP contribution in [0.2, 0.25) is 0 Å². The molecular formula is C18H22O4. The Morgan fingerprint density at radius 2 is 1.91 bits per heavy atom. The van der Waals surface area contributed by atoms with Crippen LogP contribution in [0, 0.1) is 5.92 Å². The van der Waals surface area contributed by atoms with Gasteiger partial charge < -0.3 is 9.47 Å². The third-order valence-corrected chi connectivity index (χ3v) is 4.85. The molecular weight excluding hydrogens is 280 g/mol. The highest BCUT2D eigenvalue weighted by Crippen LogP contribution is 2.47. The van der Waals surface area contributed by atoms with Gasteiger partial charge in [-0.3, -0.25) is 9.59 Å². The van der Waals surface area contributed by atoms with Crippen LogP contribution in [0.4, 0.5) is 0 Å². The molecule has 0 radical (unpaired) electrons. The first-order valence-electron chi connectivity index (χ1n) is 8.02. The number of carbonyl (C=O) groups excluding carboxylic acids is 2. The van der Waals surface area contributed by atoms with E-state index in [9.17, 15) is 9.59 Å². The van der Waals surface area contributed by atoms with Crippen LogP contribution in [0.15, 0.2) is 18.2 Å². The van der Waals surface area contributed by atoms with Gasteiger partial charge in [0.25, 0.3) is 0 Å². The molecule has 1 saturated carbocycles. The van der Waals surface area contributed by atoms with E-state index in [1.807, 2.05) is 12.1 Å². The molecule has 3 rings (SSSR count). The van der Waals surface area contributed by atoms with Crippen molar-refractivity contribution in [2.45, 2.75) is 58.0 Å².